The van der Waals surface area contributed by atoms with Crippen molar-refractivity contribution in [3.05, 3.63) is 22.9 Å². The lowest BCUT2D eigenvalue weighted by atomic mass is 9.95. The highest BCUT2D eigenvalue weighted by molar-refractivity contribution is 5.54. The zero-order valence-electron chi connectivity index (χ0n) is 12.0. The molecule has 0 radical (unpaired) electrons. The van der Waals surface area contributed by atoms with Crippen molar-refractivity contribution in [2.24, 2.45) is 0 Å². The van der Waals surface area contributed by atoms with Gasteiger partial charge in [-0.3, -0.25) is 0 Å². The van der Waals surface area contributed by atoms with E-state index >= 15 is 0 Å². The summed E-state index contributed by atoms with van der Waals surface area (Å²) >= 11 is 0. The van der Waals surface area contributed by atoms with Crippen LogP contribution in [-0.4, -0.2) is 38.3 Å². The molecule has 0 atom stereocenters. The fourth-order valence-electron chi connectivity index (χ4n) is 2.42. The van der Waals surface area contributed by atoms with Gasteiger partial charge in [0.25, 0.3) is 0 Å². The normalized spacial score (nSPS) is 13.6. The van der Waals surface area contributed by atoms with Crippen LogP contribution in [0.25, 0.3) is 0 Å². The number of hydrogen-bond acceptors (Lipinski definition) is 5. The van der Waals surface area contributed by atoms with E-state index in [9.17, 15) is 5.26 Å². The first kappa shape index (κ1) is 14.8. The fourth-order valence-corrected chi connectivity index (χ4v) is 2.42. The van der Waals surface area contributed by atoms with Crippen LogP contribution in [0.4, 0.5) is 5.82 Å². The van der Waals surface area contributed by atoms with Gasteiger partial charge in [0.05, 0.1) is 12.2 Å². The van der Waals surface area contributed by atoms with E-state index in [2.05, 4.69) is 21.7 Å². The molecule has 0 saturated heterocycles. The van der Waals surface area contributed by atoms with Gasteiger partial charge in [-0.25, -0.2) is 4.98 Å². The molecule has 1 aromatic rings. The van der Waals surface area contributed by atoms with Crippen molar-refractivity contribution in [1.82, 2.24) is 10.3 Å². The second-order valence-corrected chi connectivity index (χ2v) is 4.98. The molecule has 0 spiro atoms. The second-order valence-electron chi connectivity index (χ2n) is 4.98. The molecular formula is C15H22N4O. The average molecular weight is 274 g/mol. The summed E-state index contributed by atoms with van der Waals surface area (Å²) in [6.45, 7) is 3.12. The van der Waals surface area contributed by atoms with Crippen molar-refractivity contribution in [1.29, 1.82) is 5.26 Å². The van der Waals surface area contributed by atoms with Crippen molar-refractivity contribution < 1.29 is 4.74 Å². The molecule has 20 heavy (non-hydrogen) atoms. The number of rotatable bonds is 7. The molecule has 108 valence electrons. The monoisotopic (exact) mass is 274 g/mol. The number of methoxy groups -OCH3 is 1. The molecular weight excluding hydrogens is 252 g/mol. The number of hydrogen-bond donors (Lipinski definition) is 2. The van der Waals surface area contributed by atoms with Crippen LogP contribution in [0.1, 0.15) is 29.7 Å². The number of aromatic nitrogens is 1. The Labute approximate surface area is 120 Å². The molecule has 2 rings (SSSR count). The highest BCUT2D eigenvalue weighted by Gasteiger charge is 2.14. The van der Waals surface area contributed by atoms with Gasteiger partial charge >= 0.3 is 0 Å². The van der Waals surface area contributed by atoms with Crippen molar-refractivity contribution in [3.8, 4) is 6.07 Å². The van der Waals surface area contributed by atoms with Crippen LogP contribution in [0.5, 0.6) is 0 Å². The minimum absolute atomic E-state index is 0.655. The van der Waals surface area contributed by atoms with Gasteiger partial charge in [-0.15, -0.1) is 0 Å². The molecule has 1 aliphatic carbocycles. The SMILES string of the molecule is COCCNCCNc1nc2c(cc1C#N)CCCC2. The van der Waals surface area contributed by atoms with Crippen LogP contribution in [0.3, 0.4) is 0 Å². The minimum atomic E-state index is 0.655. The summed E-state index contributed by atoms with van der Waals surface area (Å²) < 4.78 is 4.97. The van der Waals surface area contributed by atoms with Crippen LogP contribution >= 0.6 is 0 Å². The summed E-state index contributed by atoms with van der Waals surface area (Å²) in [5.41, 5.74) is 3.06. The maximum Gasteiger partial charge on any atom is 0.144 e. The molecule has 0 bridgehead atoms. The van der Waals surface area contributed by atoms with Gasteiger partial charge in [0, 0.05) is 32.4 Å². The van der Waals surface area contributed by atoms with Crippen LogP contribution in [0.15, 0.2) is 6.07 Å². The lowest BCUT2D eigenvalue weighted by Gasteiger charge is -2.17. The Balaban J connectivity index is 1.91. The van der Waals surface area contributed by atoms with Gasteiger partial charge in [-0.1, -0.05) is 0 Å². The third-order valence-corrected chi connectivity index (χ3v) is 3.50. The molecule has 0 aromatic carbocycles. The van der Waals surface area contributed by atoms with Gasteiger partial charge in [-0.2, -0.15) is 5.26 Å². The molecule has 2 N–H and O–H groups in total. The number of ether oxygens (including phenoxy) is 1. The zero-order valence-corrected chi connectivity index (χ0v) is 12.0. The van der Waals surface area contributed by atoms with Crippen LogP contribution in [0, 0.1) is 11.3 Å². The van der Waals surface area contributed by atoms with E-state index in [0.29, 0.717) is 12.2 Å². The van der Waals surface area contributed by atoms with E-state index < -0.39 is 0 Å². The van der Waals surface area contributed by atoms with Crippen molar-refractivity contribution in [2.45, 2.75) is 25.7 Å². The third-order valence-electron chi connectivity index (χ3n) is 3.50. The molecule has 5 heteroatoms. The molecule has 0 unspecified atom stereocenters. The number of nitrogens with one attached hydrogen (secondary N) is 2. The summed E-state index contributed by atoms with van der Waals surface area (Å²) in [5.74, 6) is 0.724. The standard InChI is InChI=1S/C15H22N4O/c1-20-9-8-17-6-7-18-15-13(11-16)10-12-4-2-3-5-14(12)19-15/h10,17H,2-9H2,1H3,(H,18,19). The molecule has 0 aliphatic heterocycles. The average Bonchev–Trinajstić information content (AvgIpc) is 2.50. The largest absolute Gasteiger partial charge is 0.383 e. The van der Waals surface area contributed by atoms with Crippen LogP contribution < -0.4 is 10.6 Å². The fraction of sp³-hybridized carbons (Fsp3) is 0.600. The molecule has 0 fully saturated rings. The molecule has 5 nitrogen and oxygen atoms in total. The van der Waals surface area contributed by atoms with E-state index in [1.807, 2.05) is 6.07 Å². The maximum atomic E-state index is 9.23. The summed E-state index contributed by atoms with van der Waals surface area (Å²) in [7, 11) is 1.69. The van der Waals surface area contributed by atoms with Crippen molar-refractivity contribution >= 4 is 5.82 Å². The minimum Gasteiger partial charge on any atom is -0.383 e. The van der Waals surface area contributed by atoms with Crippen molar-refractivity contribution in [2.75, 3.05) is 38.7 Å². The Hall–Kier alpha value is -1.64. The molecule has 1 heterocycles. The molecule has 0 amide bonds. The summed E-state index contributed by atoms with van der Waals surface area (Å²) in [4.78, 5) is 4.63. The molecule has 0 saturated carbocycles. The number of pyridine rings is 1. The van der Waals surface area contributed by atoms with Gasteiger partial charge in [0.1, 0.15) is 11.9 Å². The Morgan fingerprint density at radius 3 is 2.95 bits per heavy atom. The highest BCUT2D eigenvalue weighted by atomic mass is 16.5. The quantitative estimate of drug-likeness (QED) is 0.737. The van der Waals surface area contributed by atoms with Crippen LogP contribution in [0.2, 0.25) is 0 Å². The molecule has 1 aromatic heterocycles. The third kappa shape index (κ3) is 3.92. The van der Waals surface area contributed by atoms with Gasteiger partial charge in [0.15, 0.2) is 0 Å². The summed E-state index contributed by atoms with van der Waals surface area (Å²) in [5, 5.41) is 15.7. The first-order chi connectivity index (χ1) is 9.85. The van der Waals surface area contributed by atoms with Gasteiger partial charge < -0.3 is 15.4 Å². The molecule has 1 aliphatic rings. The number of nitrogens with zero attached hydrogens (tertiary/aromatic N) is 2. The Morgan fingerprint density at radius 2 is 2.15 bits per heavy atom. The van der Waals surface area contributed by atoms with Gasteiger partial charge in [-0.05, 0) is 37.3 Å². The van der Waals surface area contributed by atoms with E-state index in [1.54, 1.807) is 7.11 Å². The Kier molecular flexibility index (Phi) is 5.78. The number of nitriles is 1. The van der Waals surface area contributed by atoms with Crippen LogP contribution in [-0.2, 0) is 17.6 Å². The highest BCUT2D eigenvalue weighted by Crippen LogP contribution is 2.24. The number of aryl methyl sites for hydroxylation is 2. The number of anilines is 1. The maximum absolute atomic E-state index is 9.23. The first-order valence-electron chi connectivity index (χ1n) is 7.21. The Bertz CT molecular complexity index is 481. The van der Waals surface area contributed by atoms with E-state index in [0.717, 1.165) is 44.0 Å². The topological polar surface area (TPSA) is 70.0 Å². The lowest BCUT2D eigenvalue weighted by Crippen LogP contribution is -2.26. The summed E-state index contributed by atoms with van der Waals surface area (Å²) in [6, 6.07) is 4.24. The Morgan fingerprint density at radius 1 is 1.30 bits per heavy atom. The van der Waals surface area contributed by atoms with E-state index in [-0.39, 0.29) is 0 Å². The first-order valence-corrected chi connectivity index (χ1v) is 7.21. The lowest BCUT2D eigenvalue weighted by molar-refractivity contribution is 0.200. The smallest absolute Gasteiger partial charge is 0.144 e. The zero-order chi connectivity index (χ0) is 14.2. The predicted octanol–water partition coefficient (Wildman–Crippen LogP) is 1.48. The predicted molar refractivity (Wildman–Crippen MR) is 78.8 cm³/mol. The second kappa shape index (κ2) is 7.83. The summed E-state index contributed by atoms with van der Waals surface area (Å²) in [6.07, 6.45) is 4.48. The van der Waals surface area contributed by atoms with E-state index in [1.165, 1.54) is 18.4 Å². The van der Waals surface area contributed by atoms with E-state index in [4.69, 9.17) is 4.74 Å². The number of fused-ring (bicyclic) bond motifs is 1. The van der Waals surface area contributed by atoms with Crippen molar-refractivity contribution in [3.63, 3.8) is 0 Å². The van der Waals surface area contributed by atoms with Gasteiger partial charge in [0.2, 0.25) is 0 Å².